The Morgan fingerprint density at radius 3 is 2.76 bits per heavy atom. The largest absolute Gasteiger partial charge is 0.355 e. The summed E-state index contributed by atoms with van der Waals surface area (Å²) in [4.78, 5) is 23.7. The third kappa shape index (κ3) is 5.36. The molecule has 8 nitrogen and oxygen atoms in total. The van der Waals surface area contributed by atoms with Crippen LogP contribution in [0.2, 0.25) is 0 Å². The third-order valence-electron chi connectivity index (χ3n) is 2.85. The van der Waals surface area contributed by atoms with Crippen molar-refractivity contribution in [1.82, 2.24) is 10.2 Å². The summed E-state index contributed by atoms with van der Waals surface area (Å²) in [6.45, 7) is 3.41. The number of rotatable bonds is 8. The van der Waals surface area contributed by atoms with Gasteiger partial charge in [0.15, 0.2) is 0 Å². The molecule has 8 heteroatoms. The van der Waals surface area contributed by atoms with E-state index in [-0.39, 0.29) is 23.8 Å². The number of nitro benzene ring substituents is 1. The summed E-state index contributed by atoms with van der Waals surface area (Å²) in [5, 5.41) is 13.6. The SMILES string of the molecule is CCCNC(=O)CN(C)Cc1ccc([N+](=O)[O-])c(NN)c1. The molecule has 0 spiro atoms. The highest BCUT2D eigenvalue weighted by Crippen LogP contribution is 2.24. The van der Waals surface area contributed by atoms with Crippen LogP contribution in [0.3, 0.4) is 0 Å². The quantitative estimate of drug-likeness (QED) is 0.372. The molecule has 1 amide bonds. The van der Waals surface area contributed by atoms with Crippen molar-refractivity contribution in [3.05, 3.63) is 33.9 Å². The van der Waals surface area contributed by atoms with Crippen molar-refractivity contribution in [2.75, 3.05) is 25.6 Å². The maximum atomic E-state index is 11.6. The van der Waals surface area contributed by atoms with Crippen molar-refractivity contribution in [3.8, 4) is 0 Å². The molecule has 1 aromatic rings. The molecule has 21 heavy (non-hydrogen) atoms. The van der Waals surface area contributed by atoms with Crippen LogP contribution in [0.1, 0.15) is 18.9 Å². The number of hydrogen-bond acceptors (Lipinski definition) is 6. The lowest BCUT2D eigenvalue weighted by atomic mass is 10.1. The van der Waals surface area contributed by atoms with E-state index in [9.17, 15) is 14.9 Å². The predicted molar refractivity (Wildman–Crippen MR) is 80.5 cm³/mol. The van der Waals surface area contributed by atoms with Crippen LogP contribution in [-0.2, 0) is 11.3 Å². The van der Waals surface area contributed by atoms with Crippen molar-refractivity contribution in [2.24, 2.45) is 5.84 Å². The Morgan fingerprint density at radius 2 is 2.19 bits per heavy atom. The van der Waals surface area contributed by atoms with Crippen LogP contribution in [0.15, 0.2) is 18.2 Å². The van der Waals surface area contributed by atoms with E-state index in [1.54, 1.807) is 12.1 Å². The van der Waals surface area contributed by atoms with E-state index in [0.717, 1.165) is 12.0 Å². The van der Waals surface area contributed by atoms with Crippen LogP contribution in [0.4, 0.5) is 11.4 Å². The summed E-state index contributed by atoms with van der Waals surface area (Å²) in [6, 6.07) is 4.66. The van der Waals surface area contributed by atoms with Crippen molar-refractivity contribution >= 4 is 17.3 Å². The van der Waals surface area contributed by atoms with E-state index in [0.29, 0.717) is 13.1 Å². The van der Waals surface area contributed by atoms with Gasteiger partial charge in [-0.25, -0.2) is 0 Å². The van der Waals surface area contributed by atoms with Gasteiger partial charge >= 0.3 is 0 Å². The van der Waals surface area contributed by atoms with E-state index in [1.807, 2.05) is 18.9 Å². The van der Waals surface area contributed by atoms with Gasteiger partial charge in [0.2, 0.25) is 5.91 Å². The molecule has 0 bridgehead atoms. The molecule has 0 unspecified atom stereocenters. The van der Waals surface area contributed by atoms with E-state index in [2.05, 4.69) is 10.7 Å². The fraction of sp³-hybridized carbons (Fsp3) is 0.462. The summed E-state index contributed by atoms with van der Waals surface area (Å²) < 4.78 is 0. The maximum Gasteiger partial charge on any atom is 0.293 e. The number of nitrogens with zero attached hydrogens (tertiary/aromatic N) is 2. The highest BCUT2D eigenvalue weighted by Gasteiger charge is 2.14. The van der Waals surface area contributed by atoms with Crippen molar-refractivity contribution < 1.29 is 9.72 Å². The molecular weight excluding hydrogens is 274 g/mol. The molecule has 116 valence electrons. The number of carbonyl (C=O) groups is 1. The average molecular weight is 295 g/mol. The van der Waals surface area contributed by atoms with Crippen LogP contribution in [0.5, 0.6) is 0 Å². The first-order chi connectivity index (χ1) is 9.97. The van der Waals surface area contributed by atoms with Crippen molar-refractivity contribution in [2.45, 2.75) is 19.9 Å². The first-order valence-corrected chi connectivity index (χ1v) is 6.67. The van der Waals surface area contributed by atoms with Crippen molar-refractivity contribution in [1.29, 1.82) is 0 Å². The predicted octanol–water partition coefficient (Wildman–Crippen LogP) is 0.838. The fourth-order valence-electron chi connectivity index (χ4n) is 1.89. The number of nitrogens with one attached hydrogen (secondary N) is 2. The van der Waals surface area contributed by atoms with Crippen LogP contribution < -0.4 is 16.6 Å². The van der Waals surface area contributed by atoms with Gasteiger partial charge in [0.25, 0.3) is 5.69 Å². The first-order valence-electron chi connectivity index (χ1n) is 6.67. The number of nitrogens with two attached hydrogens (primary N) is 1. The number of hydrazine groups is 1. The zero-order valence-electron chi connectivity index (χ0n) is 12.3. The fourth-order valence-corrected chi connectivity index (χ4v) is 1.89. The number of likely N-dealkylation sites (N-methyl/N-ethyl adjacent to an activating group) is 1. The number of anilines is 1. The van der Waals surface area contributed by atoms with Gasteiger partial charge in [-0.1, -0.05) is 13.0 Å². The number of amides is 1. The van der Waals surface area contributed by atoms with Gasteiger partial charge < -0.3 is 10.7 Å². The van der Waals surface area contributed by atoms with Gasteiger partial charge in [-0.15, -0.1) is 0 Å². The lowest BCUT2D eigenvalue weighted by molar-refractivity contribution is -0.384. The summed E-state index contributed by atoms with van der Waals surface area (Å²) >= 11 is 0. The van der Waals surface area contributed by atoms with Crippen LogP contribution in [-0.4, -0.2) is 35.9 Å². The van der Waals surface area contributed by atoms with E-state index >= 15 is 0 Å². The van der Waals surface area contributed by atoms with Gasteiger partial charge in [-0.05, 0) is 25.1 Å². The second-order valence-electron chi connectivity index (χ2n) is 4.78. The zero-order chi connectivity index (χ0) is 15.8. The molecule has 0 radical (unpaired) electrons. The van der Waals surface area contributed by atoms with Crippen LogP contribution in [0.25, 0.3) is 0 Å². The smallest absolute Gasteiger partial charge is 0.293 e. The standard InChI is InChI=1S/C13H21N5O3/c1-3-6-15-13(19)9-17(2)8-10-4-5-12(18(20)21)11(7-10)16-14/h4-5,7,16H,3,6,8-9,14H2,1-2H3,(H,15,19). The molecule has 0 atom stereocenters. The molecule has 0 saturated heterocycles. The number of nitro groups is 1. The number of nitrogen functional groups attached to an aromatic ring is 1. The van der Waals surface area contributed by atoms with Gasteiger partial charge in [0.1, 0.15) is 5.69 Å². The van der Waals surface area contributed by atoms with Crippen LogP contribution in [0, 0.1) is 10.1 Å². The molecule has 1 rings (SSSR count). The Hall–Kier alpha value is -2.19. The molecule has 4 N–H and O–H groups in total. The van der Waals surface area contributed by atoms with E-state index in [1.165, 1.54) is 6.07 Å². The molecule has 0 aromatic heterocycles. The molecular formula is C13H21N5O3. The third-order valence-corrected chi connectivity index (χ3v) is 2.85. The van der Waals surface area contributed by atoms with E-state index in [4.69, 9.17) is 5.84 Å². The lowest BCUT2D eigenvalue weighted by Gasteiger charge is -2.16. The summed E-state index contributed by atoms with van der Waals surface area (Å²) in [6.07, 6.45) is 0.892. The highest BCUT2D eigenvalue weighted by atomic mass is 16.6. The van der Waals surface area contributed by atoms with Gasteiger partial charge in [-0.3, -0.25) is 25.7 Å². The molecule has 0 aliphatic carbocycles. The number of benzene rings is 1. The monoisotopic (exact) mass is 295 g/mol. The average Bonchev–Trinajstić information content (AvgIpc) is 2.44. The maximum absolute atomic E-state index is 11.6. The summed E-state index contributed by atoms with van der Waals surface area (Å²) in [5.74, 6) is 5.25. The molecule has 0 aliphatic heterocycles. The Balaban J connectivity index is 2.66. The minimum Gasteiger partial charge on any atom is -0.355 e. The highest BCUT2D eigenvalue weighted by molar-refractivity contribution is 5.77. The second-order valence-corrected chi connectivity index (χ2v) is 4.78. The zero-order valence-corrected chi connectivity index (χ0v) is 12.3. The molecule has 0 aliphatic rings. The Labute approximate surface area is 123 Å². The molecule has 0 heterocycles. The normalized spacial score (nSPS) is 10.5. The summed E-state index contributed by atoms with van der Waals surface area (Å²) in [7, 11) is 1.81. The van der Waals surface area contributed by atoms with Crippen LogP contribution >= 0.6 is 0 Å². The number of hydrogen-bond donors (Lipinski definition) is 3. The lowest BCUT2D eigenvalue weighted by Crippen LogP contribution is -2.35. The van der Waals surface area contributed by atoms with Gasteiger partial charge in [0, 0.05) is 19.2 Å². The Bertz CT molecular complexity index is 507. The van der Waals surface area contributed by atoms with E-state index < -0.39 is 4.92 Å². The first kappa shape index (κ1) is 16.9. The molecule has 0 saturated carbocycles. The van der Waals surface area contributed by atoms with Crippen molar-refractivity contribution in [3.63, 3.8) is 0 Å². The minimum absolute atomic E-state index is 0.0431. The van der Waals surface area contributed by atoms with Gasteiger partial charge in [0.05, 0.1) is 11.5 Å². The minimum atomic E-state index is -0.499. The summed E-state index contributed by atoms with van der Waals surface area (Å²) in [5.41, 5.74) is 3.32. The second kappa shape index (κ2) is 8.18. The number of carbonyl (C=O) groups excluding carboxylic acids is 1. The Morgan fingerprint density at radius 1 is 1.48 bits per heavy atom. The topological polar surface area (TPSA) is 114 Å². The molecule has 1 aromatic carbocycles. The van der Waals surface area contributed by atoms with Gasteiger partial charge in [-0.2, -0.15) is 0 Å². The Kier molecular flexibility index (Phi) is 6.57. The molecule has 0 fully saturated rings.